The first-order valence-corrected chi connectivity index (χ1v) is 7.51. The normalized spacial score (nSPS) is 19.7. The first-order chi connectivity index (χ1) is 8.79. The molecule has 1 saturated heterocycles. The van der Waals surface area contributed by atoms with Gasteiger partial charge < -0.3 is 10.0 Å². The highest BCUT2D eigenvalue weighted by Gasteiger charge is 2.35. The molecular weight excluding hydrogens is 270 g/mol. The number of sulfone groups is 1. The van der Waals surface area contributed by atoms with Gasteiger partial charge in [-0.2, -0.15) is 0 Å². The summed E-state index contributed by atoms with van der Waals surface area (Å²) in [5.41, 5.74) is 0.414. The summed E-state index contributed by atoms with van der Waals surface area (Å²) in [6, 6.07) is 5.95. The van der Waals surface area contributed by atoms with Gasteiger partial charge >= 0.3 is 5.97 Å². The van der Waals surface area contributed by atoms with Crippen molar-refractivity contribution in [2.24, 2.45) is 5.92 Å². The summed E-state index contributed by atoms with van der Waals surface area (Å²) in [6.07, 6.45) is 1.02. The number of benzene rings is 1. The maximum absolute atomic E-state index is 11.8. The molecule has 1 heterocycles. The van der Waals surface area contributed by atoms with Crippen LogP contribution < -0.4 is 4.90 Å². The predicted molar refractivity (Wildman–Crippen MR) is 67.6 cm³/mol. The van der Waals surface area contributed by atoms with Gasteiger partial charge in [0.2, 0.25) is 5.91 Å². The Morgan fingerprint density at radius 1 is 1.42 bits per heavy atom. The topological polar surface area (TPSA) is 91.8 Å². The number of amides is 1. The fourth-order valence-electron chi connectivity index (χ4n) is 2.00. The van der Waals surface area contributed by atoms with Crippen LogP contribution in [0.3, 0.4) is 0 Å². The van der Waals surface area contributed by atoms with Crippen LogP contribution in [0.1, 0.15) is 6.42 Å². The van der Waals surface area contributed by atoms with Gasteiger partial charge in [-0.25, -0.2) is 8.42 Å². The molecule has 1 amide bonds. The van der Waals surface area contributed by atoms with Crippen LogP contribution in [-0.4, -0.2) is 38.2 Å². The van der Waals surface area contributed by atoms with Gasteiger partial charge in [-0.1, -0.05) is 6.07 Å². The van der Waals surface area contributed by atoms with Crippen molar-refractivity contribution in [1.29, 1.82) is 0 Å². The number of carboxylic acid groups (broad SMARTS) is 1. The van der Waals surface area contributed by atoms with Crippen molar-refractivity contribution < 1.29 is 23.1 Å². The lowest BCUT2D eigenvalue weighted by atomic mass is 10.1. The zero-order valence-electron chi connectivity index (χ0n) is 10.2. The van der Waals surface area contributed by atoms with E-state index in [4.69, 9.17) is 5.11 Å². The van der Waals surface area contributed by atoms with Gasteiger partial charge in [0, 0.05) is 24.9 Å². The summed E-state index contributed by atoms with van der Waals surface area (Å²) in [7, 11) is -3.36. The van der Waals surface area contributed by atoms with Gasteiger partial charge in [0.05, 0.1) is 10.8 Å². The lowest BCUT2D eigenvalue weighted by Gasteiger charge is -2.16. The Balaban J connectivity index is 2.33. The number of carbonyl (C=O) groups excluding carboxylic acids is 1. The highest BCUT2D eigenvalue weighted by atomic mass is 32.2. The van der Waals surface area contributed by atoms with Gasteiger partial charge in [-0.05, 0) is 18.2 Å². The van der Waals surface area contributed by atoms with E-state index in [1.807, 2.05) is 0 Å². The highest BCUT2D eigenvalue weighted by Crippen LogP contribution is 2.27. The van der Waals surface area contributed by atoms with Crippen LogP contribution >= 0.6 is 0 Å². The second-order valence-corrected chi connectivity index (χ2v) is 6.53. The van der Waals surface area contributed by atoms with Crippen molar-refractivity contribution in [1.82, 2.24) is 0 Å². The summed E-state index contributed by atoms with van der Waals surface area (Å²) in [4.78, 5) is 24.1. The predicted octanol–water partition coefficient (Wildman–Crippen LogP) is 0.528. The minimum Gasteiger partial charge on any atom is -0.481 e. The molecule has 1 atom stereocenters. The zero-order valence-corrected chi connectivity index (χ0v) is 11.1. The molecule has 1 unspecified atom stereocenters. The molecule has 7 heteroatoms. The third-order valence-electron chi connectivity index (χ3n) is 3.03. The molecule has 0 aromatic heterocycles. The smallest absolute Gasteiger partial charge is 0.308 e. The van der Waals surface area contributed by atoms with E-state index in [1.54, 1.807) is 6.07 Å². The Labute approximate surface area is 110 Å². The van der Waals surface area contributed by atoms with E-state index < -0.39 is 21.7 Å². The molecule has 1 aliphatic rings. The maximum Gasteiger partial charge on any atom is 0.308 e. The Bertz CT molecular complexity index is 637. The SMILES string of the molecule is CS(=O)(=O)c1cccc(N2CC(C(=O)O)CC2=O)c1. The monoisotopic (exact) mass is 283 g/mol. The fourth-order valence-corrected chi connectivity index (χ4v) is 2.67. The second-order valence-electron chi connectivity index (χ2n) is 4.51. The molecular formula is C12H13NO5S. The molecule has 1 aromatic carbocycles. The number of carbonyl (C=O) groups is 2. The molecule has 0 spiro atoms. The number of rotatable bonds is 3. The Hall–Kier alpha value is -1.89. The van der Waals surface area contributed by atoms with Gasteiger partial charge in [-0.15, -0.1) is 0 Å². The number of aliphatic carboxylic acids is 1. The first kappa shape index (κ1) is 13.5. The summed E-state index contributed by atoms with van der Waals surface area (Å²) >= 11 is 0. The van der Waals surface area contributed by atoms with Crippen LogP contribution in [0.15, 0.2) is 29.2 Å². The molecule has 0 saturated carbocycles. The Morgan fingerprint density at radius 3 is 2.63 bits per heavy atom. The van der Waals surface area contributed by atoms with E-state index >= 15 is 0 Å². The third kappa shape index (κ3) is 2.76. The maximum atomic E-state index is 11.8. The largest absolute Gasteiger partial charge is 0.481 e. The van der Waals surface area contributed by atoms with E-state index in [2.05, 4.69) is 0 Å². The molecule has 6 nitrogen and oxygen atoms in total. The number of anilines is 1. The highest BCUT2D eigenvalue weighted by molar-refractivity contribution is 7.90. The van der Waals surface area contributed by atoms with Crippen LogP contribution in [-0.2, 0) is 19.4 Å². The van der Waals surface area contributed by atoms with Gasteiger partial charge in [0.25, 0.3) is 0 Å². The minimum atomic E-state index is -3.36. The summed E-state index contributed by atoms with van der Waals surface area (Å²) < 4.78 is 22.9. The van der Waals surface area contributed by atoms with Crippen molar-refractivity contribution in [2.75, 3.05) is 17.7 Å². The van der Waals surface area contributed by atoms with Crippen LogP contribution in [0, 0.1) is 5.92 Å². The number of carboxylic acids is 1. The minimum absolute atomic E-state index is 0.0571. The molecule has 1 fully saturated rings. The van der Waals surface area contributed by atoms with Crippen LogP contribution in [0.2, 0.25) is 0 Å². The van der Waals surface area contributed by atoms with E-state index in [-0.39, 0.29) is 23.8 Å². The number of nitrogens with zero attached hydrogens (tertiary/aromatic N) is 1. The van der Waals surface area contributed by atoms with Crippen molar-refractivity contribution in [3.05, 3.63) is 24.3 Å². The Kier molecular flexibility index (Phi) is 3.32. The standard InChI is InChI=1S/C12H13NO5S/c1-19(17,18)10-4-2-3-9(6-10)13-7-8(12(15)16)5-11(13)14/h2-4,6,8H,5,7H2,1H3,(H,15,16). The van der Waals surface area contributed by atoms with Gasteiger partial charge in [0.15, 0.2) is 9.84 Å². The fraction of sp³-hybridized carbons (Fsp3) is 0.333. The van der Waals surface area contributed by atoms with Crippen LogP contribution in [0.25, 0.3) is 0 Å². The zero-order chi connectivity index (χ0) is 14.2. The van der Waals surface area contributed by atoms with Crippen molar-refractivity contribution >= 4 is 27.4 Å². The molecule has 1 N–H and O–H groups in total. The molecule has 1 aromatic rings. The van der Waals surface area contributed by atoms with E-state index in [0.29, 0.717) is 5.69 Å². The Morgan fingerprint density at radius 2 is 2.11 bits per heavy atom. The van der Waals surface area contributed by atoms with Gasteiger partial charge in [0.1, 0.15) is 0 Å². The van der Waals surface area contributed by atoms with Crippen molar-refractivity contribution in [3.8, 4) is 0 Å². The molecule has 0 aliphatic carbocycles. The van der Waals surface area contributed by atoms with Crippen molar-refractivity contribution in [3.63, 3.8) is 0 Å². The summed E-state index contributed by atoms with van der Waals surface area (Å²) in [6.45, 7) is 0.0708. The van der Waals surface area contributed by atoms with Crippen LogP contribution in [0.5, 0.6) is 0 Å². The molecule has 0 radical (unpaired) electrons. The molecule has 2 rings (SSSR count). The van der Waals surface area contributed by atoms with E-state index in [1.165, 1.54) is 23.1 Å². The lowest BCUT2D eigenvalue weighted by Crippen LogP contribution is -2.25. The number of hydrogen-bond donors (Lipinski definition) is 1. The van der Waals surface area contributed by atoms with Crippen LogP contribution in [0.4, 0.5) is 5.69 Å². The first-order valence-electron chi connectivity index (χ1n) is 5.62. The number of hydrogen-bond acceptors (Lipinski definition) is 4. The second kappa shape index (κ2) is 4.65. The van der Waals surface area contributed by atoms with E-state index in [9.17, 15) is 18.0 Å². The molecule has 0 bridgehead atoms. The van der Waals surface area contributed by atoms with Gasteiger partial charge in [-0.3, -0.25) is 9.59 Å². The average Bonchev–Trinajstić information content (AvgIpc) is 2.71. The third-order valence-corrected chi connectivity index (χ3v) is 4.14. The lowest BCUT2D eigenvalue weighted by molar-refractivity contribution is -0.141. The summed E-state index contributed by atoms with van der Waals surface area (Å²) in [5, 5.41) is 8.90. The average molecular weight is 283 g/mol. The molecule has 102 valence electrons. The molecule has 19 heavy (non-hydrogen) atoms. The summed E-state index contributed by atoms with van der Waals surface area (Å²) in [5.74, 6) is -2.07. The van der Waals surface area contributed by atoms with E-state index in [0.717, 1.165) is 6.26 Å². The molecule has 1 aliphatic heterocycles. The van der Waals surface area contributed by atoms with Crippen molar-refractivity contribution in [2.45, 2.75) is 11.3 Å². The quantitative estimate of drug-likeness (QED) is 0.873.